The molecule has 8 nitrogen and oxygen atoms in total. The van der Waals surface area contributed by atoms with E-state index in [0.29, 0.717) is 35.8 Å². The summed E-state index contributed by atoms with van der Waals surface area (Å²) in [5.41, 5.74) is 3.09. The molecule has 1 aromatic carbocycles. The van der Waals surface area contributed by atoms with Crippen molar-refractivity contribution in [2.24, 2.45) is 5.41 Å². The van der Waals surface area contributed by atoms with Crippen LogP contribution >= 0.6 is 22.6 Å². The fraction of sp³-hybridized carbons (Fsp3) is 0.429. The topological polar surface area (TPSA) is 109 Å². The Morgan fingerprint density at radius 2 is 2.17 bits per heavy atom. The van der Waals surface area contributed by atoms with Crippen LogP contribution in [0.25, 0.3) is 11.0 Å². The molecule has 0 unspecified atom stereocenters. The van der Waals surface area contributed by atoms with Crippen molar-refractivity contribution in [1.29, 1.82) is 5.26 Å². The number of carbonyl (C=O) groups excluding carboxylic acids is 1. The number of amides is 1. The fourth-order valence-electron chi connectivity index (χ4n) is 4.04. The van der Waals surface area contributed by atoms with Crippen molar-refractivity contribution >= 4 is 45.5 Å². The molecule has 1 saturated carbocycles. The summed E-state index contributed by atoms with van der Waals surface area (Å²) in [5, 5.41) is 26.6. The molecule has 0 spiro atoms. The Balaban J connectivity index is 1.79. The number of rotatable bonds is 6. The number of aromatic nitrogens is 4. The van der Waals surface area contributed by atoms with E-state index in [4.69, 9.17) is 0 Å². The smallest absolute Gasteiger partial charge is 0.276 e. The lowest BCUT2D eigenvalue weighted by Gasteiger charge is -2.41. The van der Waals surface area contributed by atoms with E-state index in [0.717, 1.165) is 34.0 Å². The van der Waals surface area contributed by atoms with Gasteiger partial charge in [-0.3, -0.25) is 14.8 Å². The summed E-state index contributed by atoms with van der Waals surface area (Å²) in [6, 6.07) is 7.46. The number of nitriles is 1. The van der Waals surface area contributed by atoms with Crippen LogP contribution in [-0.2, 0) is 13.1 Å². The number of aliphatic hydroxyl groups excluding tert-OH is 1. The summed E-state index contributed by atoms with van der Waals surface area (Å²) < 4.78 is 4.53. The van der Waals surface area contributed by atoms with Gasteiger partial charge >= 0.3 is 0 Å². The number of anilines is 1. The zero-order chi connectivity index (χ0) is 21.5. The molecular formula is C21H23IN6O2. The molecule has 156 valence electrons. The standard InChI is InChI=1S/C21H23IN6O2/c1-3-28-17(7-13(2)26-28)19(30)25-20-24-16-9-14(10-23)8-15(22)18(16)27(20)11-21(12-29)5-4-6-21/h7-9,29H,3-6,11-12H2,1-2H3,(H,24,25,30). The summed E-state index contributed by atoms with van der Waals surface area (Å²) in [6.45, 7) is 5.03. The second-order valence-corrected chi connectivity index (χ2v) is 9.07. The van der Waals surface area contributed by atoms with Gasteiger partial charge in [0.25, 0.3) is 5.91 Å². The van der Waals surface area contributed by atoms with E-state index in [1.807, 2.05) is 24.5 Å². The highest BCUT2D eigenvalue weighted by Gasteiger charge is 2.38. The second-order valence-electron chi connectivity index (χ2n) is 7.91. The van der Waals surface area contributed by atoms with E-state index >= 15 is 0 Å². The van der Waals surface area contributed by atoms with Gasteiger partial charge in [-0.2, -0.15) is 10.4 Å². The minimum atomic E-state index is -0.281. The van der Waals surface area contributed by atoms with Gasteiger partial charge in [0, 0.05) is 22.1 Å². The van der Waals surface area contributed by atoms with Crippen molar-refractivity contribution < 1.29 is 9.90 Å². The summed E-state index contributed by atoms with van der Waals surface area (Å²) in [7, 11) is 0. The predicted molar refractivity (Wildman–Crippen MR) is 121 cm³/mol. The number of hydrogen-bond acceptors (Lipinski definition) is 5. The Morgan fingerprint density at radius 1 is 1.40 bits per heavy atom. The summed E-state index contributed by atoms with van der Waals surface area (Å²) in [5.74, 6) is 0.139. The summed E-state index contributed by atoms with van der Waals surface area (Å²) in [4.78, 5) is 17.7. The number of aliphatic hydroxyl groups is 1. The summed E-state index contributed by atoms with van der Waals surface area (Å²) in [6.07, 6.45) is 2.95. The van der Waals surface area contributed by atoms with E-state index in [9.17, 15) is 15.2 Å². The Bertz CT molecular complexity index is 1160. The van der Waals surface area contributed by atoms with Crippen LogP contribution < -0.4 is 5.32 Å². The van der Waals surface area contributed by atoms with Gasteiger partial charge in [0.1, 0.15) is 5.69 Å². The first-order valence-corrected chi connectivity index (χ1v) is 11.0. The maximum Gasteiger partial charge on any atom is 0.276 e. The molecule has 30 heavy (non-hydrogen) atoms. The van der Waals surface area contributed by atoms with Crippen LogP contribution in [0.4, 0.5) is 5.95 Å². The molecule has 4 rings (SSSR count). The highest BCUT2D eigenvalue weighted by atomic mass is 127. The number of nitrogens with one attached hydrogen (secondary N) is 1. The quantitative estimate of drug-likeness (QED) is 0.486. The molecule has 2 heterocycles. The van der Waals surface area contributed by atoms with Gasteiger partial charge < -0.3 is 9.67 Å². The predicted octanol–water partition coefficient (Wildman–Crippen LogP) is 3.45. The minimum absolute atomic E-state index is 0.0920. The number of aryl methyl sites for hydroxylation is 2. The van der Waals surface area contributed by atoms with Crippen LogP contribution in [0.1, 0.15) is 47.9 Å². The largest absolute Gasteiger partial charge is 0.396 e. The molecule has 1 amide bonds. The van der Waals surface area contributed by atoms with Gasteiger partial charge in [0.15, 0.2) is 0 Å². The number of carbonyl (C=O) groups is 1. The maximum atomic E-state index is 13.0. The van der Waals surface area contributed by atoms with Crippen LogP contribution in [0.15, 0.2) is 18.2 Å². The van der Waals surface area contributed by atoms with E-state index < -0.39 is 0 Å². The molecule has 2 aromatic heterocycles. The molecule has 1 fully saturated rings. The van der Waals surface area contributed by atoms with Crippen molar-refractivity contribution in [3.05, 3.63) is 38.7 Å². The third kappa shape index (κ3) is 3.58. The van der Waals surface area contributed by atoms with Gasteiger partial charge in [-0.1, -0.05) is 6.42 Å². The van der Waals surface area contributed by atoms with Crippen LogP contribution in [0.5, 0.6) is 0 Å². The van der Waals surface area contributed by atoms with Crippen LogP contribution in [0, 0.1) is 27.2 Å². The number of hydrogen-bond donors (Lipinski definition) is 2. The monoisotopic (exact) mass is 518 g/mol. The number of halogens is 1. The van der Waals surface area contributed by atoms with Gasteiger partial charge in [-0.25, -0.2) is 4.98 Å². The highest BCUT2D eigenvalue weighted by Crippen LogP contribution is 2.43. The van der Waals surface area contributed by atoms with Crippen molar-refractivity contribution in [3.63, 3.8) is 0 Å². The molecule has 2 N–H and O–H groups in total. The number of fused-ring (bicyclic) bond motifs is 1. The Kier molecular flexibility index (Phi) is 5.55. The van der Waals surface area contributed by atoms with E-state index in [1.54, 1.807) is 16.8 Å². The number of imidazole rings is 1. The molecule has 0 radical (unpaired) electrons. The fourth-order valence-corrected chi connectivity index (χ4v) is 4.95. The normalized spacial score (nSPS) is 15.0. The zero-order valence-corrected chi connectivity index (χ0v) is 19.1. The van der Waals surface area contributed by atoms with Crippen molar-refractivity contribution in [3.8, 4) is 6.07 Å². The number of nitrogens with zero attached hydrogens (tertiary/aromatic N) is 5. The van der Waals surface area contributed by atoms with Gasteiger partial charge in [-0.15, -0.1) is 0 Å². The molecule has 0 bridgehead atoms. The van der Waals surface area contributed by atoms with Crippen LogP contribution in [0.3, 0.4) is 0 Å². The lowest BCUT2D eigenvalue weighted by molar-refractivity contribution is 0.0291. The van der Waals surface area contributed by atoms with Crippen molar-refractivity contribution in [1.82, 2.24) is 19.3 Å². The lowest BCUT2D eigenvalue weighted by Crippen LogP contribution is -2.38. The minimum Gasteiger partial charge on any atom is -0.396 e. The molecule has 9 heteroatoms. The third-order valence-electron chi connectivity index (χ3n) is 5.83. The molecule has 3 aromatic rings. The molecule has 1 aliphatic carbocycles. The van der Waals surface area contributed by atoms with E-state index in [1.165, 1.54) is 0 Å². The van der Waals surface area contributed by atoms with E-state index in [2.05, 4.69) is 44.1 Å². The van der Waals surface area contributed by atoms with E-state index in [-0.39, 0.29) is 17.9 Å². The van der Waals surface area contributed by atoms with Crippen LogP contribution in [0.2, 0.25) is 0 Å². The Labute approximate surface area is 188 Å². The second kappa shape index (κ2) is 8.00. The zero-order valence-electron chi connectivity index (χ0n) is 16.9. The van der Waals surface area contributed by atoms with Gasteiger partial charge in [-0.05, 0) is 67.5 Å². The average Bonchev–Trinajstić information content (AvgIpc) is 3.24. The third-order valence-corrected chi connectivity index (χ3v) is 6.65. The first-order chi connectivity index (χ1) is 14.4. The van der Waals surface area contributed by atoms with Crippen LogP contribution in [-0.4, -0.2) is 37.0 Å². The highest BCUT2D eigenvalue weighted by molar-refractivity contribution is 14.1. The Morgan fingerprint density at radius 3 is 2.77 bits per heavy atom. The molecule has 0 aliphatic heterocycles. The van der Waals surface area contributed by atoms with Crippen molar-refractivity contribution in [2.75, 3.05) is 11.9 Å². The van der Waals surface area contributed by atoms with Crippen molar-refractivity contribution in [2.45, 2.75) is 46.2 Å². The Hall–Kier alpha value is -2.45. The number of benzene rings is 1. The SMILES string of the molecule is CCn1nc(C)cc1C(=O)Nc1nc2cc(C#N)cc(I)c2n1CC1(CO)CCC1. The maximum absolute atomic E-state index is 13.0. The molecule has 0 atom stereocenters. The van der Waals surface area contributed by atoms with Gasteiger partial charge in [0.2, 0.25) is 5.95 Å². The summed E-state index contributed by atoms with van der Waals surface area (Å²) >= 11 is 2.20. The molecule has 0 saturated heterocycles. The molecular weight excluding hydrogens is 495 g/mol. The van der Waals surface area contributed by atoms with Gasteiger partial charge in [0.05, 0.1) is 35.0 Å². The lowest BCUT2D eigenvalue weighted by atomic mass is 9.69. The average molecular weight is 518 g/mol. The first-order valence-electron chi connectivity index (χ1n) is 9.96. The molecule has 1 aliphatic rings. The first kappa shape index (κ1) is 20.8.